The van der Waals surface area contributed by atoms with Crippen molar-refractivity contribution >= 4 is 20.7 Å². The van der Waals surface area contributed by atoms with E-state index in [1.54, 1.807) is 25.4 Å². The summed E-state index contributed by atoms with van der Waals surface area (Å²) in [6.45, 7) is 0. The fourth-order valence-corrected chi connectivity index (χ4v) is 4.10. The summed E-state index contributed by atoms with van der Waals surface area (Å²) >= 11 is 0. The number of hydrogen-bond acceptors (Lipinski definition) is 5. The Kier molecular flexibility index (Phi) is 5.10. The normalized spacial score (nSPS) is 11.7. The fourth-order valence-electron chi connectivity index (χ4n) is 3.31. The van der Waals surface area contributed by atoms with Crippen molar-refractivity contribution in [3.63, 3.8) is 0 Å². The number of ether oxygens (including phenoxy) is 1. The highest BCUT2D eigenvalue weighted by molar-refractivity contribution is 7.89. The van der Waals surface area contributed by atoms with E-state index in [-0.39, 0.29) is 28.3 Å². The number of aryl methyl sites for hydroxylation is 1. The molecule has 4 rings (SSSR count). The molecule has 0 aliphatic heterocycles. The second kappa shape index (κ2) is 7.62. The van der Waals surface area contributed by atoms with Gasteiger partial charge in [0.15, 0.2) is 21.4 Å². The van der Waals surface area contributed by atoms with E-state index in [0.29, 0.717) is 28.1 Å². The van der Waals surface area contributed by atoms with Gasteiger partial charge in [-0.1, -0.05) is 6.07 Å². The first-order valence-corrected chi connectivity index (χ1v) is 11.1. The van der Waals surface area contributed by atoms with Crippen molar-refractivity contribution in [2.24, 2.45) is 7.05 Å². The summed E-state index contributed by atoms with van der Waals surface area (Å²) in [5.41, 5.74) is 1.39. The third-order valence-corrected chi connectivity index (χ3v) is 5.52. The number of sulfone groups is 1. The number of rotatable bonds is 5. The molecule has 0 spiro atoms. The number of pyridine rings is 1. The SMILES string of the molecule is Cn1cc(-c2cc(CS(C)(=O)=O)ccc2Oc2ccc(F)cc2F)c2cn[nH]c2c1=O. The van der Waals surface area contributed by atoms with Gasteiger partial charge in [0, 0.05) is 42.1 Å². The highest BCUT2D eigenvalue weighted by Crippen LogP contribution is 2.38. The van der Waals surface area contributed by atoms with E-state index in [2.05, 4.69) is 10.2 Å². The van der Waals surface area contributed by atoms with Crippen LogP contribution in [0, 0.1) is 11.6 Å². The Morgan fingerprint density at radius 2 is 1.84 bits per heavy atom. The summed E-state index contributed by atoms with van der Waals surface area (Å²) in [6, 6.07) is 7.59. The van der Waals surface area contributed by atoms with Crippen LogP contribution in [0.1, 0.15) is 5.56 Å². The highest BCUT2D eigenvalue weighted by Gasteiger charge is 2.18. The van der Waals surface area contributed by atoms with Crippen LogP contribution in [-0.2, 0) is 22.6 Å². The van der Waals surface area contributed by atoms with Crippen molar-refractivity contribution in [3.8, 4) is 22.6 Å². The maximum atomic E-state index is 14.2. The predicted molar refractivity (Wildman–Crippen MR) is 112 cm³/mol. The minimum atomic E-state index is -3.32. The van der Waals surface area contributed by atoms with Gasteiger partial charge in [0.05, 0.1) is 11.9 Å². The molecule has 10 heteroatoms. The summed E-state index contributed by atoms with van der Waals surface area (Å²) in [7, 11) is -1.76. The van der Waals surface area contributed by atoms with Crippen LogP contribution >= 0.6 is 0 Å². The molecule has 0 saturated heterocycles. The van der Waals surface area contributed by atoms with E-state index in [4.69, 9.17) is 4.74 Å². The second-order valence-electron chi connectivity index (χ2n) is 7.19. The van der Waals surface area contributed by atoms with Gasteiger partial charge in [-0.15, -0.1) is 0 Å². The number of fused-ring (bicyclic) bond motifs is 1. The van der Waals surface area contributed by atoms with Crippen LogP contribution in [0.3, 0.4) is 0 Å². The molecule has 4 aromatic rings. The Hall–Kier alpha value is -3.53. The number of nitrogens with one attached hydrogen (secondary N) is 1. The van der Waals surface area contributed by atoms with Crippen LogP contribution in [0.2, 0.25) is 0 Å². The zero-order valence-corrected chi connectivity index (χ0v) is 17.3. The lowest BCUT2D eigenvalue weighted by molar-refractivity contribution is 0.439. The predicted octanol–water partition coefficient (Wildman–Crippen LogP) is 3.54. The largest absolute Gasteiger partial charge is 0.454 e. The zero-order chi connectivity index (χ0) is 22.3. The molecular weight excluding hydrogens is 428 g/mol. The molecule has 2 aromatic carbocycles. The number of halogens is 2. The Morgan fingerprint density at radius 3 is 2.55 bits per heavy atom. The molecule has 0 fully saturated rings. The lowest BCUT2D eigenvalue weighted by Crippen LogP contribution is -2.16. The molecule has 0 unspecified atom stereocenters. The number of hydrogen-bond donors (Lipinski definition) is 1. The van der Waals surface area contributed by atoms with Crippen LogP contribution in [0.5, 0.6) is 11.5 Å². The summed E-state index contributed by atoms with van der Waals surface area (Å²) in [5.74, 6) is -1.85. The van der Waals surface area contributed by atoms with Crippen LogP contribution in [-0.4, -0.2) is 29.4 Å². The molecule has 0 saturated carbocycles. The Balaban J connectivity index is 1.94. The first-order chi connectivity index (χ1) is 14.6. The minimum absolute atomic E-state index is 0.198. The number of H-pyrrole nitrogens is 1. The average Bonchev–Trinajstić information content (AvgIpc) is 3.17. The summed E-state index contributed by atoms with van der Waals surface area (Å²) in [6.07, 6.45) is 4.15. The van der Waals surface area contributed by atoms with Crippen LogP contribution in [0.15, 0.2) is 53.6 Å². The van der Waals surface area contributed by atoms with Crippen LogP contribution < -0.4 is 10.3 Å². The molecule has 2 heterocycles. The Bertz CT molecular complexity index is 1480. The molecule has 7 nitrogen and oxygen atoms in total. The van der Waals surface area contributed by atoms with Crippen molar-refractivity contribution in [3.05, 3.63) is 76.3 Å². The van der Waals surface area contributed by atoms with Gasteiger partial charge < -0.3 is 9.30 Å². The number of aromatic nitrogens is 3. The first-order valence-electron chi connectivity index (χ1n) is 9.09. The standard InChI is InChI=1S/C21H17F2N3O4S/c1-26-10-16(15-9-24-25-20(15)21(26)27)14-7-12(11-31(2,28)29)3-5-18(14)30-19-6-4-13(22)8-17(19)23/h3-10H,11H2,1-2H3,(H,24,25). The molecule has 0 atom stereocenters. The molecule has 0 bridgehead atoms. The maximum absolute atomic E-state index is 14.2. The summed E-state index contributed by atoms with van der Waals surface area (Å²) in [5, 5.41) is 7.08. The molecule has 2 aromatic heterocycles. The number of benzene rings is 2. The molecule has 31 heavy (non-hydrogen) atoms. The highest BCUT2D eigenvalue weighted by atomic mass is 32.2. The van der Waals surface area contributed by atoms with Gasteiger partial charge in [-0.25, -0.2) is 17.2 Å². The van der Waals surface area contributed by atoms with Gasteiger partial charge in [-0.3, -0.25) is 9.89 Å². The molecular formula is C21H17F2N3O4S. The van der Waals surface area contributed by atoms with Gasteiger partial charge in [-0.05, 0) is 29.8 Å². The topological polar surface area (TPSA) is 94.0 Å². The van der Waals surface area contributed by atoms with Crippen molar-refractivity contribution < 1.29 is 21.9 Å². The molecule has 0 amide bonds. The van der Waals surface area contributed by atoms with Gasteiger partial charge in [-0.2, -0.15) is 5.10 Å². The monoisotopic (exact) mass is 445 g/mol. The molecule has 0 aliphatic rings. The number of nitrogens with zero attached hydrogens (tertiary/aromatic N) is 2. The zero-order valence-electron chi connectivity index (χ0n) is 16.5. The van der Waals surface area contributed by atoms with E-state index in [9.17, 15) is 22.0 Å². The lowest BCUT2D eigenvalue weighted by Gasteiger charge is -2.15. The van der Waals surface area contributed by atoms with Crippen molar-refractivity contribution in [1.29, 1.82) is 0 Å². The smallest absolute Gasteiger partial charge is 0.276 e. The van der Waals surface area contributed by atoms with Crippen molar-refractivity contribution in [2.45, 2.75) is 5.75 Å². The maximum Gasteiger partial charge on any atom is 0.276 e. The first kappa shape index (κ1) is 20.7. The van der Waals surface area contributed by atoms with Crippen LogP contribution in [0.4, 0.5) is 8.78 Å². The third-order valence-electron chi connectivity index (χ3n) is 4.66. The van der Waals surface area contributed by atoms with E-state index in [1.165, 1.54) is 16.8 Å². The van der Waals surface area contributed by atoms with Gasteiger partial charge in [0.1, 0.15) is 17.1 Å². The van der Waals surface area contributed by atoms with E-state index in [0.717, 1.165) is 18.4 Å². The molecule has 0 aliphatic carbocycles. The van der Waals surface area contributed by atoms with Gasteiger partial charge in [0.2, 0.25) is 0 Å². The molecule has 0 radical (unpaired) electrons. The minimum Gasteiger partial charge on any atom is -0.454 e. The van der Waals surface area contributed by atoms with Gasteiger partial charge in [0.25, 0.3) is 5.56 Å². The lowest BCUT2D eigenvalue weighted by atomic mass is 10.0. The van der Waals surface area contributed by atoms with E-state index < -0.39 is 21.5 Å². The van der Waals surface area contributed by atoms with Crippen molar-refractivity contribution in [2.75, 3.05) is 6.26 Å². The Labute approximate surface area is 175 Å². The quantitative estimate of drug-likeness (QED) is 0.507. The molecule has 160 valence electrons. The summed E-state index contributed by atoms with van der Waals surface area (Å²) in [4.78, 5) is 12.4. The van der Waals surface area contributed by atoms with E-state index in [1.807, 2.05) is 0 Å². The van der Waals surface area contributed by atoms with Crippen LogP contribution in [0.25, 0.3) is 22.0 Å². The third kappa shape index (κ3) is 4.19. The fraction of sp³-hybridized carbons (Fsp3) is 0.143. The number of aromatic amines is 1. The van der Waals surface area contributed by atoms with Crippen molar-refractivity contribution in [1.82, 2.24) is 14.8 Å². The van der Waals surface area contributed by atoms with Gasteiger partial charge >= 0.3 is 0 Å². The Morgan fingerprint density at radius 1 is 1.10 bits per heavy atom. The summed E-state index contributed by atoms with van der Waals surface area (Å²) < 4.78 is 58.1. The molecule has 1 N–H and O–H groups in total. The second-order valence-corrected chi connectivity index (χ2v) is 9.34. The van der Waals surface area contributed by atoms with E-state index >= 15 is 0 Å². The average molecular weight is 445 g/mol.